The Morgan fingerprint density at radius 2 is 1.95 bits per heavy atom. The minimum atomic E-state index is -3.08. The average Bonchev–Trinajstić information content (AvgIpc) is 3.38. The molecule has 12 nitrogen and oxygen atoms in total. The van der Waals surface area contributed by atoms with Crippen molar-refractivity contribution in [1.29, 1.82) is 0 Å². The molecule has 226 valence electrons. The van der Waals surface area contributed by atoms with E-state index >= 15 is 0 Å². The minimum Gasteiger partial charge on any atom is -0.457 e. The molecule has 0 radical (unpaired) electrons. The smallest absolute Gasteiger partial charge is 0.387 e. The van der Waals surface area contributed by atoms with Crippen LogP contribution < -0.4 is 19.7 Å². The van der Waals surface area contributed by atoms with Crippen LogP contribution in [0, 0.1) is 6.92 Å². The monoisotopic (exact) mass is 601 g/mol. The highest BCUT2D eigenvalue weighted by Gasteiger charge is 2.27. The first-order chi connectivity index (χ1) is 21.2. The highest BCUT2D eigenvalue weighted by Crippen LogP contribution is 2.38. The summed E-state index contributed by atoms with van der Waals surface area (Å²) in [5.41, 5.74) is 3.36. The topological polar surface area (TPSA) is 123 Å². The molecule has 1 atom stereocenters. The van der Waals surface area contributed by atoms with Gasteiger partial charge in [0.05, 0.1) is 16.7 Å². The number of nitrogens with zero attached hydrogens (tertiary/aromatic N) is 8. The van der Waals surface area contributed by atoms with Crippen LogP contribution in [0.3, 0.4) is 0 Å². The lowest BCUT2D eigenvalue weighted by molar-refractivity contribution is -0.128. The summed E-state index contributed by atoms with van der Waals surface area (Å²) in [5.74, 6) is 1.53. The number of carbonyl (C=O) groups excluding carboxylic acids is 1. The number of amides is 1. The third-order valence-electron chi connectivity index (χ3n) is 7.43. The van der Waals surface area contributed by atoms with Gasteiger partial charge in [-0.15, -0.1) is 5.10 Å². The first kappa shape index (κ1) is 28.7. The molecule has 4 heterocycles. The molecule has 14 heteroatoms. The zero-order chi connectivity index (χ0) is 31.0. The number of pyridine rings is 1. The van der Waals surface area contributed by atoms with E-state index < -0.39 is 6.61 Å². The molecule has 1 fully saturated rings. The Bertz CT molecular complexity index is 1880. The number of rotatable bonds is 8. The number of halogens is 2. The van der Waals surface area contributed by atoms with Gasteiger partial charge in [-0.3, -0.25) is 4.79 Å². The van der Waals surface area contributed by atoms with Crippen LogP contribution in [0.4, 0.5) is 26.1 Å². The van der Waals surface area contributed by atoms with Gasteiger partial charge >= 0.3 is 6.61 Å². The molecule has 1 aliphatic heterocycles. The largest absolute Gasteiger partial charge is 0.457 e. The van der Waals surface area contributed by atoms with Crippen molar-refractivity contribution in [1.82, 2.24) is 34.8 Å². The van der Waals surface area contributed by atoms with E-state index in [0.717, 1.165) is 5.52 Å². The molecular formula is C30H29F2N9O3. The molecule has 1 amide bonds. The second-order valence-electron chi connectivity index (χ2n) is 10.4. The summed E-state index contributed by atoms with van der Waals surface area (Å²) < 4.78 is 39.6. The molecule has 6 rings (SSSR count). The van der Waals surface area contributed by atoms with Crippen LogP contribution >= 0.6 is 0 Å². The summed E-state index contributed by atoms with van der Waals surface area (Å²) in [6.45, 7) is 5.95. The van der Waals surface area contributed by atoms with E-state index in [4.69, 9.17) is 14.5 Å². The maximum Gasteiger partial charge on any atom is 0.387 e. The van der Waals surface area contributed by atoms with E-state index in [1.807, 2.05) is 25.1 Å². The second kappa shape index (κ2) is 11.7. The predicted octanol–water partition coefficient (Wildman–Crippen LogP) is 4.98. The van der Waals surface area contributed by atoms with E-state index in [1.165, 1.54) is 18.5 Å². The summed E-state index contributed by atoms with van der Waals surface area (Å²) in [6.07, 6.45) is 2.69. The summed E-state index contributed by atoms with van der Waals surface area (Å²) in [4.78, 5) is 29.5. The van der Waals surface area contributed by atoms with Crippen LogP contribution in [0.1, 0.15) is 12.5 Å². The fourth-order valence-electron chi connectivity index (χ4n) is 5.22. The Kier molecular flexibility index (Phi) is 7.64. The predicted molar refractivity (Wildman–Crippen MR) is 161 cm³/mol. The minimum absolute atomic E-state index is 0.0448. The lowest BCUT2D eigenvalue weighted by Crippen LogP contribution is -2.53. The standard InChI is InChI=1S/C30H29F2N9O3/c1-5-27(42)41-11-10-40(15-18(41)3)26-9-7-20-28(36-26)29(34-16-33-20)35-22-12-17(2)24(14-25(22)44-30(31)32)43-19-6-8-23-21(13-19)37-38-39(23)4/h5-9,12-14,16,18,30H,1,10-11,15H2,2-4H3,(H,33,34,35)/t18-/m1/s1. The van der Waals surface area contributed by atoms with Gasteiger partial charge in [0.2, 0.25) is 5.91 Å². The third kappa shape index (κ3) is 5.65. The Labute approximate surface area is 250 Å². The van der Waals surface area contributed by atoms with Crippen LogP contribution in [0.5, 0.6) is 17.2 Å². The normalized spacial score (nSPS) is 15.2. The van der Waals surface area contributed by atoms with Crippen LogP contribution in [0.25, 0.3) is 22.1 Å². The number of piperazine rings is 1. The van der Waals surface area contributed by atoms with Gasteiger partial charge in [-0.2, -0.15) is 8.78 Å². The molecule has 0 spiro atoms. The number of carbonyl (C=O) groups is 1. The van der Waals surface area contributed by atoms with Gasteiger partial charge in [-0.1, -0.05) is 11.8 Å². The lowest BCUT2D eigenvalue weighted by atomic mass is 10.1. The Balaban J connectivity index is 1.30. The van der Waals surface area contributed by atoms with E-state index in [-0.39, 0.29) is 23.4 Å². The SMILES string of the molecule is C=CC(=O)N1CCN(c2ccc3ncnc(Nc4cc(C)c(Oc5ccc6c(c5)nnn6C)cc4OC(F)F)c3n2)C[C@H]1C. The number of anilines is 3. The zero-order valence-corrected chi connectivity index (χ0v) is 24.2. The summed E-state index contributed by atoms with van der Waals surface area (Å²) in [7, 11) is 1.78. The van der Waals surface area contributed by atoms with Crippen molar-refractivity contribution in [3.8, 4) is 17.2 Å². The van der Waals surface area contributed by atoms with Gasteiger partial charge in [0.1, 0.15) is 34.7 Å². The number of aromatic nitrogens is 6. The van der Waals surface area contributed by atoms with Crippen LogP contribution in [-0.4, -0.2) is 73.0 Å². The number of fused-ring (bicyclic) bond motifs is 2. The van der Waals surface area contributed by atoms with Crippen LogP contribution in [0.2, 0.25) is 0 Å². The fourth-order valence-corrected chi connectivity index (χ4v) is 5.22. The molecule has 0 unspecified atom stereocenters. The molecule has 0 aliphatic carbocycles. The summed E-state index contributed by atoms with van der Waals surface area (Å²) in [6, 6.07) is 12.0. The first-order valence-electron chi connectivity index (χ1n) is 13.8. The Morgan fingerprint density at radius 1 is 1.11 bits per heavy atom. The number of aryl methyl sites for hydroxylation is 2. The number of alkyl halides is 2. The van der Waals surface area contributed by atoms with Crippen LogP contribution in [-0.2, 0) is 11.8 Å². The molecular weight excluding hydrogens is 572 g/mol. The number of hydrogen-bond acceptors (Lipinski definition) is 10. The van der Waals surface area contributed by atoms with Crippen LogP contribution in [0.15, 0.2) is 61.4 Å². The molecule has 1 saturated heterocycles. The van der Waals surface area contributed by atoms with Gasteiger partial charge in [0, 0.05) is 44.9 Å². The first-order valence-corrected chi connectivity index (χ1v) is 13.8. The van der Waals surface area contributed by atoms with Crippen molar-refractivity contribution in [2.45, 2.75) is 26.5 Å². The molecule has 5 aromatic rings. The van der Waals surface area contributed by atoms with E-state index in [9.17, 15) is 13.6 Å². The van der Waals surface area contributed by atoms with Crippen molar-refractivity contribution in [2.24, 2.45) is 7.05 Å². The van der Waals surface area contributed by atoms with Crippen molar-refractivity contribution >= 4 is 45.3 Å². The highest BCUT2D eigenvalue weighted by molar-refractivity contribution is 5.89. The fraction of sp³-hybridized carbons (Fsp3) is 0.267. The lowest BCUT2D eigenvalue weighted by Gasteiger charge is -2.40. The maximum absolute atomic E-state index is 13.5. The number of ether oxygens (including phenoxy) is 2. The number of hydrogen-bond donors (Lipinski definition) is 1. The maximum atomic E-state index is 13.5. The molecule has 44 heavy (non-hydrogen) atoms. The quantitative estimate of drug-likeness (QED) is 0.244. The van der Waals surface area contributed by atoms with Gasteiger partial charge in [0.25, 0.3) is 0 Å². The molecule has 1 N–H and O–H groups in total. The van der Waals surface area contributed by atoms with Gasteiger partial charge in [-0.25, -0.2) is 19.6 Å². The van der Waals surface area contributed by atoms with E-state index in [1.54, 1.807) is 41.8 Å². The van der Waals surface area contributed by atoms with Crippen molar-refractivity contribution in [3.63, 3.8) is 0 Å². The Morgan fingerprint density at radius 3 is 2.73 bits per heavy atom. The van der Waals surface area contributed by atoms with Crippen molar-refractivity contribution < 1.29 is 23.0 Å². The molecule has 0 saturated carbocycles. The van der Waals surface area contributed by atoms with Gasteiger partial charge in [0.15, 0.2) is 11.6 Å². The van der Waals surface area contributed by atoms with Gasteiger partial charge < -0.3 is 24.6 Å². The van der Waals surface area contributed by atoms with Gasteiger partial charge in [-0.05, 0) is 55.8 Å². The summed E-state index contributed by atoms with van der Waals surface area (Å²) >= 11 is 0. The zero-order valence-electron chi connectivity index (χ0n) is 24.2. The molecule has 0 bridgehead atoms. The second-order valence-corrected chi connectivity index (χ2v) is 10.4. The van der Waals surface area contributed by atoms with Crippen molar-refractivity contribution in [2.75, 3.05) is 29.9 Å². The third-order valence-corrected chi connectivity index (χ3v) is 7.43. The highest BCUT2D eigenvalue weighted by atomic mass is 19.3. The number of nitrogens with one attached hydrogen (secondary N) is 1. The molecule has 1 aliphatic rings. The van der Waals surface area contributed by atoms with E-state index in [0.29, 0.717) is 64.9 Å². The molecule has 3 aromatic heterocycles. The van der Waals surface area contributed by atoms with E-state index in [2.05, 4.69) is 37.1 Å². The molecule has 2 aromatic carbocycles. The number of benzene rings is 2. The Hall–Kier alpha value is -5.40. The average molecular weight is 602 g/mol. The summed E-state index contributed by atoms with van der Waals surface area (Å²) in [5, 5.41) is 11.2. The van der Waals surface area contributed by atoms with Crippen molar-refractivity contribution in [3.05, 3.63) is 67.0 Å².